The Hall–Kier alpha value is -2.18. The van der Waals surface area contributed by atoms with Crippen molar-refractivity contribution in [3.63, 3.8) is 0 Å². The van der Waals surface area contributed by atoms with Gasteiger partial charge in [0.15, 0.2) is 0 Å². The van der Waals surface area contributed by atoms with E-state index in [0.717, 1.165) is 70.6 Å². The molecule has 60 heavy (non-hydrogen) atoms. The van der Waals surface area contributed by atoms with Gasteiger partial charge in [-0.05, 0) is 44.9 Å². The van der Waals surface area contributed by atoms with Gasteiger partial charge in [0.25, 0.3) is 0 Å². The van der Waals surface area contributed by atoms with Crippen LogP contribution in [0.3, 0.4) is 0 Å². The van der Waals surface area contributed by atoms with Crippen LogP contribution in [0.2, 0.25) is 0 Å². The van der Waals surface area contributed by atoms with Gasteiger partial charge in [-0.1, -0.05) is 249 Å². The number of nitrogens with one attached hydrogen (secondary N) is 1. The number of unbranched alkanes of at least 4 members (excludes halogenated alkanes) is 29. The summed E-state index contributed by atoms with van der Waals surface area (Å²) in [6.07, 6.45) is 57.4. The highest BCUT2D eigenvalue weighted by atomic mass is 16.5. The summed E-state index contributed by atoms with van der Waals surface area (Å²) >= 11 is 0. The molecule has 6 nitrogen and oxygen atoms in total. The predicted molar refractivity (Wildman–Crippen MR) is 259 cm³/mol. The van der Waals surface area contributed by atoms with E-state index in [4.69, 9.17) is 4.74 Å². The molecule has 350 valence electrons. The van der Waals surface area contributed by atoms with Gasteiger partial charge in [0.2, 0.25) is 5.91 Å². The maximum Gasteiger partial charge on any atom is 0.306 e. The zero-order valence-corrected chi connectivity index (χ0v) is 39.8. The summed E-state index contributed by atoms with van der Waals surface area (Å²) in [6.45, 7) is 6.34. The fourth-order valence-electron chi connectivity index (χ4n) is 7.85. The zero-order chi connectivity index (χ0) is 43.8. The van der Waals surface area contributed by atoms with Crippen molar-refractivity contribution < 1.29 is 24.5 Å². The van der Waals surface area contributed by atoms with Gasteiger partial charge in [0, 0.05) is 6.42 Å². The third-order valence-corrected chi connectivity index (χ3v) is 11.8. The third kappa shape index (κ3) is 42.5. The lowest BCUT2D eigenvalue weighted by Crippen LogP contribution is -2.46. The van der Waals surface area contributed by atoms with Gasteiger partial charge >= 0.3 is 5.97 Å². The standard InChI is InChI=1S/C54H99NO5/c1-4-7-10-13-16-19-22-25-28-31-34-37-40-43-46-52(57)51(49-56)55-53(58)48-50(45-42-39-36-33-30-27-24-21-18-15-12-9-6-3)60-54(59)47-44-41-38-35-32-29-26-23-20-17-14-11-8-5-2/h9,12,15,18,21,24,27,30,50-52,56-57H,4-8,10-11,13-14,16-17,19-20,22-23,25-26,28-29,31-49H2,1-3H3,(H,55,58)/b12-9+,18-15+,24-21+,30-27-. The van der Waals surface area contributed by atoms with Gasteiger partial charge in [-0.3, -0.25) is 9.59 Å². The van der Waals surface area contributed by atoms with Crippen LogP contribution in [0.1, 0.15) is 258 Å². The number of ether oxygens (including phenoxy) is 1. The molecule has 3 atom stereocenters. The van der Waals surface area contributed by atoms with Gasteiger partial charge in [-0.2, -0.15) is 0 Å². The molecule has 0 aliphatic carbocycles. The van der Waals surface area contributed by atoms with Crippen molar-refractivity contribution >= 4 is 11.9 Å². The Balaban J connectivity index is 4.60. The van der Waals surface area contributed by atoms with Gasteiger partial charge in [0.05, 0.1) is 25.2 Å². The topological polar surface area (TPSA) is 95.9 Å². The van der Waals surface area contributed by atoms with E-state index in [2.05, 4.69) is 50.4 Å². The molecule has 0 rings (SSSR count). The lowest BCUT2D eigenvalue weighted by molar-refractivity contribution is -0.151. The van der Waals surface area contributed by atoms with Crippen molar-refractivity contribution in [3.8, 4) is 0 Å². The van der Waals surface area contributed by atoms with Crippen molar-refractivity contribution in [1.29, 1.82) is 0 Å². The Labute approximate surface area is 372 Å². The average Bonchev–Trinajstić information content (AvgIpc) is 3.24. The summed E-state index contributed by atoms with van der Waals surface area (Å²) in [5, 5.41) is 23.8. The number of allylic oxidation sites excluding steroid dienone is 8. The molecule has 0 aliphatic rings. The molecule has 0 aliphatic heterocycles. The zero-order valence-electron chi connectivity index (χ0n) is 39.8. The molecule has 0 aromatic heterocycles. The smallest absolute Gasteiger partial charge is 0.306 e. The SMILES string of the molecule is CC/C=C/C=C/C=C/C=C\CCCCCC(CC(=O)NC(CO)C(O)CCCCCCCCCCCCCCCC)OC(=O)CCCCCCCCCCCCCCCC. The minimum absolute atomic E-state index is 0.0538. The van der Waals surface area contributed by atoms with Crippen LogP contribution in [-0.2, 0) is 14.3 Å². The minimum atomic E-state index is -0.797. The van der Waals surface area contributed by atoms with Crippen LogP contribution in [0.15, 0.2) is 48.6 Å². The molecule has 0 spiro atoms. The van der Waals surface area contributed by atoms with Crippen molar-refractivity contribution in [3.05, 3.63) is 48.6 Å². The highest BCUT2D eigenvalue weighted by molar-refractivity contribution is 5.77. The maximum atomic E-state index is 13.2. The molecule has 0 aromatic rings. The molecule has 0 radical (unpaired) electrons. The summed E-state index contributed by atoms with van der Waals surface area (Å²) in [4.78, 5) is 26.1. The van der Waals surface area contributed by atoms with Gasteiger partial charge in [-0.15, -0.1) is 0 Å². The Morgan fingerprint density at radius 1 is 0.500 bits per heavy atom. The number of esters is 1. The fraction of sp³-hybridized carbons (Fsp3) is 0.815. The molecule has 0 saturated carbocycles. The van der Waals surface area contributed by atoms with E-state index in [1.807, 2.05) is 24.3 Å². The Bertz CT molecular complexity index is 1040. The van der Waals surface area contributed by atoms with Crippen molar-refractivity contribution in [2.75, 3.05) is 6.61 Å². The summed E-state index contributed by atoms with van der Waals surface area (Å²) in [6, 6.07) is -0.712. The normalized spacial score (nSPS) is 13.6. The Morgan fingerprint density at radius 3 is 1.37 bits per heavy atom. The molecule has 1 amide bonds. The number of carbonyl (C=O) groups is 2. The summed E-state index contributed by atoms with van der Waals surface area (Å²) in [5.74, 6) is -0.505. The highest BCUT2D eigenvalue weighted by Gasteiger charge is 2.24. The van der Waals surface area contributed by atoms with Gasteiger partial charge < -0.3 is 20.3 Å². The first kappa shape index (κ1) is 57.8. The van der Waals surface area contributed by atoms with Crippen LogP contribution >= 0.6 is 0 Å². The van der Waals surface area contributed by atoms with E-state index in [-0.39, 0.29) is 24.9 Å². The molecular weight excluding hydrogens is 743 g/mol. The molecule has 3 N–H and O–H groups in total. The Morgan fingerprint density at radius 2 is 0.900 bits per heavy atom. The Kier molecular flexibility index (Phi) is 46.1. The van der Waals surface area contributed by atoms with E-state index < -0.39 is 18.2 Å². The van der Waals surface area contributed by atoms with Crippen molar-refractivity contribution in [2.45, 2.75) is 277 Å². The molecule has 0 bridgehead atoms. The first-order valence-electron chi connectivity index (χ1n) is 25.9. The second-order valence-corrected chi connectivity index (χ2v) is 17.6. The quantitative estimate of drug-likeness (QED) is 0.0322. The van der Waals surface area contributed by atoms with Crippen LogP contribution in [-0.4, -0.2) is 46.9 Å². The van der Waals surface area contributed by atoms with Crippen LogP contribution in [0.25, 0.3) is 0 Å². The number of hydrogen-bond acceptors (Lipinski definition) is 5. The number of aliphatic hydroxyl groups excluding tert-OH is 2. The molecular formula is C54H99NO5. The van der Waals surface area contributed by atoms with E-state index >= 15 is 0 Å². The van der Waals surface area contributed by atoms with E-state index in [1.54, 1.807) is 0 Å². The summed E-state index contributed by atoms with van der Waals surface area (Å²) < 4.78 is 5.92. The summed E-state index contributed by atoms with van der Waals surface area (Å²) in [5.41, 5.74) is 0. The van der Waals surface area contributed by atoms with E-state index in [1.165, 1.54) is 141 Å². The van der Waals surface area contributed by atoms with Crippen LogP contribution in [0.4, 0.5) is 0 Å². The number of amides is 1. The third-order valence-electron chi connectivity index (χ3n) is 11.8. The number of carbonyl (C=O) groups excluding carboxylic acids is 2. The predicted octanol–water partition coefficient (Wildman–Crippen LogP) is 15.5. The first-order valence-corrected chi connectivity index (χ1v) is 25.9. The first-order chi connectivity index (χ1) is 29.5. The highest BCUT2D eigenvalue weighted by Crippen LogP contribution is 2.18. The minimum Gasteiger partial charge on any atom is -0.462 e. The lowest BCUT2D eigenvalue weighted by Gasteiger charge is -2.24. The van der Waals surface area contributed by atoms with Gasteiger partial charge in [0.1, 0.15) is 6.10 Å². The van der Waals surface area contributed by atoms with Crippen LogP contribution in [0.5, 0.6) is 0 Å². The second-order valence-electron chi connectivity index (χ2n) is 17.6. The van der Waals surface area contributed by atoms with E-state index in [0.29, 0.717) is 19.3 Å². The number of rotatable bonds is 46. The number of aliphatic hydroxyl groups is 2. The van der Waals surface area contributed by atoms with Crippen LogP contribution in [0, 0.1) is 0 Å². The number of hydrogen-bond donors (Lipinski definition) is 3. The van der Waals surface area contributed by atoms with Crippen LogP contribution < -0.4 is 5.32 Å². The monoisotopic (exact) mass is 842 g/mol. The molecule has 0 heterocycles. The largest absolute Gasteiger partial charge is 0.462 e. The fourth-order valence-corrected chi connectivity index (χ4v) is 7.85. The molecule has 0 fully saturated rings. The van der Waals surface area contributed by atoms with Crippen molar-refractivity contribution in [1.82, 2.24) is 5.32 Å². The lowest BCUT2D eigenvalue weighted by atomic mass is 10.0. The molecule has 0 aromatic carbocycles. The average molecular weight is 842 g/mol. The van der Waals surface area contributed by atoms with E-state index in [9.17, 15) is 19.8 Å². The molecule has 3 unspecified atom stereocenters. The molecule has 6 heteroatoms. The summed E-state index contributed by atoms with van der Waals surface area (Å²) in [7, 11) is 0. The maximum absolute atomic E-state index is 13.2. The van der Waals surface area contributed by atoms with Gasteiger partial charge in [-0.25, -0.2) is 0 Å². The second kappa shape index (κ2) is 47.9. The van der Waals surface area contributed by atoms with Crippen molar-refractivity contribution in [2.24, 2.45) is 0 Å². The molecule has 0 saturated heterocycles.